The standard InChI is InChI=1S/C25H24N4O2S/c26-25-29-15-24(32-25)17-1-2-18-14-28-20(12-19(18)11-17)13-23(30)16-3-5-21(6-4-16)31-22-7-9-27-10-8-22/h1-6,11-12,14-15,22,27H,7-10,13H2,(H2,26,29). The number of hydrogen-bond acceptors (Lipinski definition) is 7. The van der Waals surface area contributed by atoms with E-state index in [1.165, 1.54) is 11.3 Å². The first-order valence-electron chi connectivity index (χ1n) is 10.7. The predicted molar refractivity (Wildman–Crippen MR) is 128 cm³/mol. The lowest BCUT2D eigenvalue weighted by Crippen LogP contribution is -2.34. The molecule has 0 bridgehead atoms. The highest BCUT2D eigenvalue weighted by Crippen LogP contribution is 2.30. The summed E-state index contributed by atoms with van der Waals surface area (Å²) in [5.41, 5.74) is 8.24. The van der Waals surface area contributed by atoms with Crippen LogP contribution in [-0.2, 0) is 6.42 Å². The highest BCUT2D eigenvalue weighted by molar-refractivity contribution is 7.18. The molecule has 1 saturated heterocycles. The van der Waals surface area contributed by atoms with Gasteiger partial charge in [-0.2, -0.15) is 0 Å². The van der Waals surface area contributed by atoms with Crippen LogP contribution < -0.4 is 15.8 Å². The molecule has 1 aliphatic rings. The number of nitrogens with zero attached hydrogens (tertiary/aromatic N) is 2. The number of nitrogens with two attached hydrogens (primary N) is 1. The molecule has 7 heteroatoms. The molecular weight excluding hydrogens is 420 g/mol. The zero-order valence-corrected chi connectivity index (χ0v) is 18.4. The maximum Gasteiger partial charge on any atom is 0.180 e. The van der Waals surface area contributed by atoms with Gasteiger partial charge in [0, 0.05) is 29.0 Å². The van der Waals surface area contributed by atoms with Gasteiger partial charge in [-0.3, -0.25) is 9.78 Å². The van der Waals surface area contributed by atoms with Crippen LogP contribution in [0.3, 0.4) is 0 Å². The average molecular weight is 445 g/mol. The van der Waals surface area contributed by atoms with Crippen molar-refractivity contribution in [1.82, 2.24) is 15.3 Å². The number of Topliss-reactive ketones (excluding diaryl/α,β-unsaturated/α-hetero) is 1. The Labute approximate surface area is 190 Å². The van der Waals surface area contributed by atoms with Crippen molar-refractivity contribution in [3.05, 3.63) is 72.2 Å². The second-order valence-corrected chi connectivity index (χ2v) is 9.05. The molecule has 162 valence electrons. The van der Waals surface area contributed by atoms with Crippen molar-refractivity contribution in [2.75, 3.05) is 18.8 Å². The first kappa shape index (κ1) is 20.6. The Kier molecular flexibility index (Phi) is 5.83. The monoisotopic (exact) mass is 444 g/mol. The summed E-state index contributed by atoms with van der Waals surface area (Å²) in [5, 5.41) is 5.95. The van der Waals surface area contributed by atoms with Crippen LogP contribution in [0, 0.1) is 0 Å². The van der Waals surface area contributed by atoms with Gasteiger partial charge in [-0.15, -0.1) is 0 Å². The highest BCUT2D eigenvalue weighted by Gasteiger charge is 2.15. The van der Waals surface area contributed by atoms with Gasteiger partial charge >= 0.3 is 0 Å². The maximum atomic E-state index is 12.8. The van der Waals surface area contributed by atoms with Crippen LogP contribution in [0.5, 0.6) is 5.75 Å². The SMILES string of the molecule is Nc1ncc(-c2ccc3cnc(CC(=O)c4ccc(OC5CCNCC5)cc4)cc3c2)s1. The third kappa shape index (κ3) is 4.64. The number of hydrogen-bond donors (Lipinski definition) is 2. The van der Waals surface area contributed by atoms with Crippen LogP contribution in [0.4, 0.5) is 5.13 Å². The summed E-state index contributed by atoms with van der Waals surface area (Å²) < 4.78 is 6.03. The minimum Gasteiger partial charge on any atom is -0.490 e. The molecule has 0 amide bonds. The second-order valence-electron chi connectivity index (χ2n) is 7.99. The molecule has 3 N–H and O–H groups in total. The van der Waals surface area contributed by atoms with E-state index in [0.717, 1.165) is 58.6 Å². The highest BCUT2D eigenvalue weighted by atomic mass is 32.1. The molecule has 32 heavy (non-hydrogen) atoms. The Balaban J connectivity index is 1.29. The van der Waals surface area contributed by atoms with Crippen molar-refractivity contribution in [3.63, 3.8) is 0 Å². The van der Waals surface area contributed by atoms with E-state index in [9.17, 15) is 4.79 Å². The van der Waals surface area contributed by atoms with Crippen LogP contribution in [0.25, 0.3) is 21.2 Å². The fraction of sp³-hybridized carbons (Fsp3) is 0.240. The third-order valence-corrected chi connectivity index (χ3v) is 6.57. The summed E-state index contributed by atoms with van der Waals surface area (Å²) in [6.45, 7) is 1.97. The Bertz CT molecular complexity index is 1250. The van der Waals surface area contributed by atoms with Crippen molar-refractivity contribution in [2.45, 2.75) is 25.4 Å². The molecule has 0 saturated carbocycles. The van der Waals surface area contributed by atoms with Gasteiger partial charge in [0.2, 0.25) is 0 Å². The number of nitrogens with one attached hydrogen (secondary N) is 1. The predicted octanol–water partition coefficient (Wildman–Crippen LogP) is 4.50. The molecule has 0 atom stereocenters. The normalized spacial score (nSPS) is 14.5. The van der Waals surface area contributed by atoms with E-state index in [2.05, 4.69) is 21.4 Å². The number of aromatic nitrogens is 2. The molecule has 4 aromatic rings. The largest absolute Gasteiger partial charge is 0.490 e. The van der Waals surface area contributed by atoms with Crippen molar-refractivity contribution < 1.29 is 9.53 Å². The van der Waals surface area contributed by atoms with E-state index in [-0.39, 0.29) is 18.3 Å². The number of nitrogen functional groups attached to an aromatic ring is 1. The number of carbonyl (C=O) groups excluding carboxylic acids is 1. The Morgan fingerprint density at radius 1 is 1.03 bits per heavy atom. The molecule has 0 aliphatic carbocycles. The topological polar surface area (TPSA) is 90.1 Å². The molecule has 2 aromatic carbocycles. The maximum absolute atomic E-state index is 12.8. The molecule has 0 unspecified atom stereocenters. The lowest BCUT2D eigenvalue weighted by molar-refractivity contribution is 0.0992. The first-order chi connectivity index (χ1) is 15.6. The van der Waals surface area contributed by atoms with Gasteiger partial charge in [0.25, 0.3) is 0 Å². The number of fused-ring (bicyclic) bond motifs is 1. The lowest BCUT2D eigenvalue weighted by atomic mass is 10.0. The van der Waals surface area contributed by atoms with Gasteiger partial charge in [0.15, 0.2) is 10.9 Å². The van der Waals surface area contributed by atoms with E-state index in [4.69, 9.17) is 10.5 Å². The molecule has 5 rings (SSSR count). The second kappa shape index (κ2) is 9.06. The van der Waals surface area contributed by atoms with E-state index in [1.807, 2.05) is 48.7 Å². The van der Waals surface area contributed by atoms with E-state index < -0.39 is 0 Å². The first-order valence-corrected chi connectivity index (χ1v) is 11.6. The summed E-state index contributed by atoms with van der Waals surface area (Å²) in [6.07, 6.45) is 6.11. The fourth-order valence-corrected chi connectivity index (χ4v) is 4.63. The number of pyridine rings is 1. The van der Waals surface area contributed by atoms with Gasteiger partial charge in [0.05, 0.1) is 11.3 Å². The van der Waals surface area contributed by atoms with Crippen molar-refractivity contribution in [3.8, 4) is 16.2 Å². The van der Waals surface area contributed by atoms with Crippen molar-refractivity contribution in [1.29, 1.82) is 0 Å². The van der Waals surface area contributed by atoms with Crippen LogP contribution in [0.2, 0.25) is 0 Å². The molecule has 2 aromatic heterocycles. The van der Waals surface area contributed by atoms with Crippen LogP contribution >= 0.6 is 11.3 Å². The van der Waals surface area contributed by atoms with Crippen molar-refractivity contribution >= 4 is 33.0 Å². The quantitative estimate of drug-likeness (QED) is 0.426. The number of rotatable bonds is 6. The smallest absolute Gasteiger partial charge is 0.180 e. The van der Waals surface area contributed by atoms with Gasteiger partial charge in [-0.1, -0.05) is 23.5 Å². The molecule has 3 heterocycles. The van der Waals surface area contributed by atoms with Gasteiger partial charge < -0.3 is 15.8 Å². The summed E-state index contributed by atoms with van der Waals surface area (Å²) in [7, 11) is 0. The zero-order valence-electron chi connectivity index (χ0n) is 17.6. The Morgan fingerprint density at radius 2 is 1.84 bits per heavy atom. The molecule has 0 spiro atoms. The molecule has 1 fully saturated rings. The summed E-state index contributed by atoms with van der Waals surface area (Å²) >= 11 is 1.46. The zero-order chi connectivity index (χ0) is 21.9. The minimum atomic E-state index is 0.0386. The third-order valence-electron chi connectivity index (χ3n) is 5.69. The van der Waals surface area contributed by atoms with E-state index in [0.29, 0.717) is 10.7 Å². The van der Waals surface area contributed by atoms with Crippen LogP contribution in [-0.4, -0.2) is 34.9 Å². The number of ether oxygens (including phenoxy) is 1. The van der Waals surface area contributed by atoms with Crippen LogP contribution in [0.15, 0.2) is 60.9 Å². The molecule has 6 nitrogen and oxygen atoms in total. The summed E-state index contributed by atoms with van der Waals surface area (Å²) in [4.78, 5) is 22.5. The van der Waals surface area contributed by atoms with Crippen LogP contribution in [0.1, 0.15) is 28.9 Å². The number of piperidine rings is 1. The van der Waals surface area contributed by atoms with Gasteiger partial charge in [0.1, 0.15) is 11.9 Å². The van der Waals surface area contributed by atoms with Crippen molar-refractivity contribution in [2.24, 2.45) is 0 Å². The average Bonchev–Trinajstić information content (AvgIpc) is 3.26. The summed E-state index contributed by atoms with van der Waals surface area (Å²) in [6, 6.07) is 15.6. The molecular formula is C25H24N4O2S. The van der Waals surface area contributed by atoms with Gasteiger partial charge in [-0.05, 0) is 73.3 Å². The number of anilines is 1. The number of thiazole rings is 1. The Hall–Kier alpha value is -3.29. The van der Waals surface area contributed by atoms with E-state index in [1.54, 1.807) is 6.20 Å². The molecule has 0 radical (unpaired) electrons. The Morgan fingerprint density at radius 3 is 2.59 bits per heavy atom. The fourth-order valence-electron chi connectivity index (χ4n) is 3.95. The van der Waals surface area contributed by atoms with Gasteiger partial charge in [-0.25, -0.2) is 4.98 Å². The summed E-state index contributed by atoms with van der Waals surface area (Å²) in [5.74, 6) is 0.852. The number of ketones is 1. The molecule has 1 aliphatic heterocycles. The lowest BCUT2D eigenvalue weighted by Gasteiger charge is -2.23. The number of carbonyl (C=O) groups is 1. The minimum absolute atomic E-state index is 0.0386. The number of benzene rings is 2. The van der Waals surface area contributed by atoms with E-state index >= 15 is 0 Å².